The summed E-state index contributed by atoms with van der Waals surface area (Å²) in [5.74, 6) is -3.26. The van der Waals surface area contributed by atoms with E-state index in [0.29, 0.717) is 4.90 Å². The van der Waals surface area contributed by atoms with Crippen LogP contribution in [0, 0.1) is 0 Å². The maximum absolute atomic E-state index is 11.3. The number of aliphatic carboxylic acids is 2. The molecule has 102 valence electrons. The number of carbonyl (C=O) groups is 3. The van der Waals surface area contributed by atoms with E-state index in [2.05, 4.69) is 5.32 Å². The maximum atomic E-state index is 11.3. The molecule has 0 radical (unpaired) electrons. The summed E-state index contributed by atoms with van der Waals surface area (Å²) in [5, 5.41) is 19.0. The first-order valence-electron chi connectivity index (χ1n) is 4.28. The third kappa shape index (κ3) is 7.91. The minimum absolute atomic E-state index is 0. The van der Waals surface area contributed by atoms with Gasteiger partial charge in [-0.3, -0.25) is 14.4 Å². The van der Waals surface area contributed by atoms with Gasteiger partial charge in [0.15, 0.2) is 0 Å². The molecule has 0 aromatic carbocycles. The van der Waals surface area contributed by atoms with E-state index in [9.17, 15) is 19.2 Å². The van der Waals surface area contributed by atoms with Crippen LogP contribution in [0.1, 0.15) is 6.42 Å². The molecule has 0 aliphatic heterocycles. The Labute approximate surface area is 90.8 Å². The average Bonchev–Trinajstić information content (AvgIpc) is 2.15. The van der Waals surface area contributed by atoms with E-state index in [0.717, 1.165) is 0 Å². The molecule has 0 heterocycles. The Balaban J connectivity index is 0. The van der Waals surface area contributed by atoms with Gasteiger partial charge < -0.3 is 25.2 Å². The molecule has 3 N–H and O–H groups in total. The number of carboxylic acids is 2. The van der Waals surface area contributed by atoms with Crippen LogP contribution in [0.25, 0.3) is 0 Å². The van der Waals surface area contributed by atoms with Crippen LogP contribution in [0.4, 0.5) is 0 Å². The van der Waals surface area contributed by atoms with Crippen molar-refractivity contribution in [1.29, 1.82) is 0 Å². The summed E-state index contributed by atoms with van der Waals surface area (Å²) < 4.78 is 0. The standard InChI is InChI=1S/C8H11N2O6.Fm/c11-5-9-2-1-6(12)10(3-7(13)14)4-8(15)16;/h1-4H2,(H,9,11)(H,13,14)(H,15,16);/q-1;. The third-order valence-electron chi connectivity index (χ3n) is 1.54. The molecule has 0 aliphatic rings. The summed E-state index contributed by atoms with van der Waals surface area (Å²) in [5.41, 5.74) is 0. The molecule has 8 nitrogen and oxygen atoms in total. The van der Waals surface area contributed by atoms with Crippen molar-refractivity contribution >= 4 is 24.3 Å². The largest absolute Gasteiger partial charge is 0.529 e. The van der Waals surface area contributed by atoms with Crippen LogP contribution < -0.4 is 5.32 Å². The number of nitrogens with zero attached hydrogens (tertiary/aromatic N) is 1. The van der Waals surface area contributed by atoms with E-state index in [1.165, 1.54) is 6.41 Å². The molecule has 0 aromatic rings. The first-order valence-corrected chi connectivity index (χ1v) is 4.28. The second kappa shape index (κ2) is 8.21. The van der Waals surface area contributed by atoms with E-state index in [-0.39, 0.29) is 13.0 Å². The smallest absolute Gasteiger partial charge is 0.323 e. The van der Waals surface area contributed by atoms with Gasteiger partial charge in [0, 0.05) is 6.42 Å². The minimum atomic E-state index is -1.30. The monoisotopic (exact) mass is 488 g/mol. The van der Waals surface area contributed by atoms with E-state index in [1.54, 1.807) is 0 Å². The molecule has 0 saturated heterocycles. The number of rotatable bonds is 8. The zero-order valence-electron chi connectivity index (χ0n) is 8.59. The maximum Gasteiger partial charge on any atom is 0.323 e. The summed E-state index contributed by atoms with van der Waals surface area (Å²) in [6, 6.07) is 0. The van der Waals surface area contributed by atoms with Crippen molar-refractivity contribution in [1.82, 2.24) is 10.2 Å². The third-order valence-corrected chi connectivity index (χ3v) is 1.54. The number of carbonyl (C=O) groups excluding carboxylic acids is 2. The molecular weight excluding hydrogens is 477 g/mol. The van der Waals surface area contributed by atoms with E-state index in [4.69, 9.17) is 10.2 Å². The van der Waals surface area contributed by atoms with Gasteiger partial charge in [0.1, 0.15) is 13.1 Å². The number of carboxylic acid groups (broad SMARTS) is 2. The molecule has 0 spiro atoms. The van der Waals surface area contributed by atoms with Gasteiger partial charge in [-0.05, 0) is 6.54 Å². The zero-order chi connectivity index (χ0) is 12.6. The minimum Gasteiger partial charge on any atom is -0.529 e. The van der Waals surface area contributed by atoms with Gasteiger partial charge >= 0.3 is 11.9 Å². The van der Waals surface area contributed by atoms with Crippen LogP contribution >= 0.6 is 0 Å². The zero-order valence-corrected chi connectivity index (χ0v) is 11.0. The molecule has 17 heavy (non-hydrogen) atoms. The van der Waals surface area contributed by atoms with Gasteiger partial charge in [-0.15, -0.1) is 0 Å². The second-order valence-electron chi connectivity index (χ2n) is 2.82. The fourth-order valence-electron chi connectivity index (χ4n) is 0.937. The van der Waals surface area contributed by atoms with Crippen molar-refractivity contribution in [3.05, 3.63) is 0 Å². The topological polar surface area (TPSA) is 124 Å². The van der Waals surface area contributed by atoms with Crippen molar-refractivity contribution in [3.63, 3.8) is 0 Å². The van der Waals surface area contributed by atoms with Gasteiger partial charge in [-0.25, -0.2) is 0 Å². The molecule has 2 amide bonds. The molecular formula is C8H11FmN2O6-. The summed E-state index contributed by atoms with van der Waals surface area (Å²) >= 11 is 0. The SMILES string of the molecule is O=[C-]NCCC(=O)N(CC(=O)O)CC(=O)O.[Fm]. The van der Waals surface area contributed by atoms with Crippen LogP contribution in [-0.4, -0.2) is 59.0 Å². The molecule has 9 heteroatoms. The molecule has 0 unspecified atom stereocenters. The number of amides is 2. The van der Waals surface area contributed by atoms with Gasteiger partial charge in [0.2, 0.25) is 5.91 Å². The molecule has 0 saturated carbocycles. The molecule has 0 atom stereocenters. The van der Waals surface area contributed by atoms with Crippen molar-refractivity contribution in [3.8, 4) is 0 Å². The fraction of sp³-hybridized carbons (Fsp3) is 0.500. The number of hydrogen-bond acceptors (Lipinski definition) is 4. The Morgan fingerprint density at radius 1 is 1.12 bits per heavy atom. The van der Waals surface area contributed by atoms with Gasteiger partial charge in [0.25, 0.3) is 0 Å². The Bertz CT molecular complexity index is 280. The Hall–Kier alpha value is -3.12. The van der Waals surface area contributed by atoms with Crippen LogP contribution in [-0.2, 0) is 19.2 Å². The summed E-state index contributed by atoms with van der Waals surface area (Å²) in [6.45, 7) is -1.38. The van der Waals surface area contributed by atoms with Crippen LogP contribution in [0.3, 0.4) is 0 Å². The predicted molar refractivity (Wildman–Crippen MR) is 50.2 cm³/mol. The number of nitrogens with one attached hydrogen (secondary N) is 1. The molecule has 0 fully saturated rings. The second-order valence-corrected chi connectivity index (χ2v) is 2.82. The normalized spacial score (nSPS) is 8.71. The van der Waals surface area contributed by atoms with Crippen molar-refractivity contribution in [2.24, 2.45) is 0 Å². The van der Waals surface area contributed by atoms with Crippen LogP contribution in [0.5, 0.6) is 0 Å². The van der Waals surface area contributed by atoms with Crippen LogP contribution in [0.15, 0.2) is 0 Å². The average molecular weight is 488 g/mol. The first-order chi connectivity index (χ1) is 7.47. The molecule has 0 bridgehead atoms. The summed E-state index contributed by atoms with van der Waals surface area (Å²) in [4.78, 5) is 42.5. The first kappa shape index (κ1) is 16.3. The van der Waals surface area contributed by atoms with Gasteiger partial charge in [-0.1, -0.05) is 0 Å². The molecule has 0 aliphatic carbocycles. The Kier molecular flexibility index (Phi) is 7.88. The van der Waals surface area contributed by atoms with Gasteiger partial charge in [0.05, 0.1) is 0 Å². The number of hydrogen-bond donors (Lipinski definition) is 3. The quantitative estimate of drug-likeness (QED) is 0.207. The van der Waals surface area contributed by atoms with E-state index < -0.39 is 30.9 Å². The Morgan fingerprint density at radius 2 is 1.59 bits per heavy atom. The van der Waals surface area contributed by atoms with Crippen LogP contribution in [0.2, 0.25) is 0 Å². The van der Waals surface area contributed by atoms with Gasteiger partial charge in [-0.2, -0.15) is 6.41 Å². The molecule has 0 aromatic heterocycles. The predicted octanol–water partition coefficient (Wildman–Crippen LogP) is -1.97. The van der Waals surface area contributed by atoms with Crippen molar-refractivity contribution < 1.29 is 29.4 Å². The molecule has 0 rings (SSSR count). The van der Waals surface area contributed by atoms with E-state index in [1.807, 2.05) is 0 Å². The summed E-state index contributed by atoms with van der Waals surface area (Å²) in [7, 11) is 0. The Morgan fingerprint density at radius 3 is 1.94 bits per heavy atom. The van der Waals surface area contributed by atoms with Crippen molar-refractivity contribution in [2.75, 3.05) is 19.6 Å². The van der Waals surface area contributed by atoms with E-state index >= 15 is 0 Å². The fourth-order valence-corrected chi connectivity index (χ4v) is 0.937. The summed E-state index contributed by atoms with van der Waals surface area (Å²) in [6.07, 6.45) is 1.17. The van der Waals surface area contributed by atoms with Crippen molar-refractivity contribution in [2.45, 2.75) is 6.42 Å².